The molecule has 0 spiro atoms. The van der Waals surface area contributed by atoms with E-state index in [1.54, 1.807) is 0 Å². The summed E-state index contributed by atoms with van der Waals surface area (Å²) < 4.78 is 0. The van der Waals surface area contributed by atoms with Gasteiger partial charge < -0.3 is 0 Å². The van der Waals surface area contributed by atoms with Crippen molar-refractivity contribution in [2.24, 2.45) is 5.41 Å². The molecule has 1 saturated carbocycles. The summed E-state index contributed by atoms with van der Waals surface area (Å²) in [5.74, 6) is 0. The first-order valence-electron chi connectivity index (χ1n) is 3.71. The first-order chi connectivity index (χ1) is 3.71. The highest BCUT2D eigenvalue weighted by atomic mass is 14.3. The van der Waals surface area contributed by atoms with Gasteiger partial charge in [0.05, 0.1) is 0 Å². The topological polar surface area (TPSA) is 0 Å². The van der Waals surface area contributed by atoms with Gasteiger partial charge in [0, 0.05) is 0 Å². The van der Waals surface area contributed by atoms with Gasteiger partial charge in [0.1, 0.15) is 0 Å². The predicted octanol–water partition coefficient (Wildman–Crippen LogP) is 3.61. The van der Waals surface area contributed by atoms with Crippen molar-refractivity contribution in [1.82, 2.24) is 0 Å². The second-order valence-corrected chi connectivity index (χ2v) is 3.72. The van der Waals surface area contributed by atoms with E-state index in [1.165, 1.54) is 32.1 Å². The highest BCUT2D eigenvalue weighted by Gasteiger charge is 2.19. The average molecular weight is 128 g/mol. The molecule has 9 heavy (non-hydrogen) atoms. The minimum atomic E-state index is 0. The van der Waals surface area contributed by atoms with Crippen LogP contribution in [0.25, 0.3) is 0 Å². The molecule has 1 fully saturated rings. The highest BCUT2D eigenvalue weighted by molar-refractivity contribution is 4.72. The predicted molar refractivity (Wildman–Crippen MR) is 43.6 cm³/mol. The van der Waals surface area contributed by atoms with Crippen LogP contribution in [-0.4, -0.2) is 0 Å². The molecule has 1 rings (SSSR count). The third-order valence-electron chi connectivity index (χ3n) is 2.21. The van der Waals surface area contributed by atoms with Gasteiger partial charge in [-0.05, 0) is 18.3 Å². The van der Waals surface area contributed by atoms with Crippen LogP contribution < -0.4 is 0 Å². The van der Waals surface area contributed by atoms with Crippen LogP contribution in [0.4, 0.5) is 0 Å². The molecule has 0 aromatic heterocycles. The van der Waals surface area contributed by atoms with Gasteiger partial charge in [-0.3, -0.25) is 0 Å². The Bertz CT molecular complexity index is 64.1. The van der Waals surface area contributed by atoms with Gasteiger partial charge >= 0.3 is 0 Å². The molecule has 0 bridgehead atoms. The molecule has 0 nitrogen and oxygen atoms in total. The molecule has 0 atom stereocenters. The maximum atomic E-state index is 2.38. The smallest absolute Gasteiger partial charge is 0.0354 e. The molecule has 0 N–H and O–H groups in total. The maximum absolute atomic E-state index is 2.38. The summed E-state index contributed by atoms with van der Waals surface area (Å²) >= 11 is 0. The maximum Gasteiger partial charge on any atom is -0.0354 e. The molecule has 0 radical (unpaired) electrons. The third kappa shape index (κ3) is 2.88. The Morgan fingerprint density at radius 1 is 0.889 bits per heavy atom. The molecule has 0 amide bonds. The van der Waals surface area contributed by atoms with Gasteiger partial charge in [-0.1, -0.05) is 40.5 Å². The van der Waals surface area contributed by atoms with Crippen molar-refractivity contribution in [3.63, 3.8) is 0 Å². The van der Waals surface area contributed by atoms with Crippen molar-refractivity contribution in [2.75, 3.05) is 0 Å². The van der Waals surface area contributed by atoms with Gasteiger partial charge in [-0.15, -0.1) is 0 Å². The van der Waals surface area contributed by atoms with Gasteiger partial charge in [0.25, 0.3) is 0 Å². The van der Waals surface area contributed by atoms with E-state index in [-0.39, 0.29) is 7.43 Å². The lowest BCUT2D eigenvalue weighted by Gasteiger charge is -2.28. The van der Waals surface area contributed by atoms with Crippen LogP contribution in [-0.2, 0) is 0 Å². The minimum absolute atomic E-state index is 0. The Hall–Kier alpha value is 0. The molecule has 0 aliphatic heterocycles. The van der Waals surface area contributed by atoms with Gasteiger partial charge in [0.2, 0.25) is 0 Å². The number of hydrogen-bond acceptors (Lipinski definition) is 0. The molecular weight excluding hydrogens is 108 g/mol. The van der Waals surface area contributed by atoms with Crippen LogP contribution in [0.2, 0.25) is 0 Å². The minimum Gasteiger partial charge on any atom is -0.0776 e. The van der Waals surface area contributed by atoms with E-state index < -0.39 is 0 Å². The highest BCUT2D eigenvalue weighted by Crippen LogP contribution is 2.34. The molecule has 0 aromatic carbocycles. The standard InChI is InChI=1S/C8H16.CH4/c1-8(2)6-4-3-5-7-8;/h3-7H2,1-2H3;1H4. The zero-order chi connectivity index (χ0) is 6.04. The number of rotatable bonds is 0. The van der Waals surface area contributed by atoms with Crippen LogP contribution >= 0.6 is 0 Å². The Labute approximate surface area is 59.7 Å². The van der Waals surface area contributed by atoms with E-state index >= 15 is 0 Å². The summed E-state index contributed by atoms with van der Waals surface area (Å²) in [7, 11) is 0. The Morgan fingerprint density at radius 3 is 1.56 bits per heavy atom. The number of hydrogen-bond donors (Lipinski definition) is 0. The van der Waals surface area contributed by atoms with Crippen molar-refractivity contribution in [1.29, 1.82) is 0 Å². The molecule has 0 heteroatoms. The van der Waals surface area contributed by atoms with Crippen molar-refractivity contribution >= 4 is 0 Å². The normalized spacial score (nSPS) is 24.7. The van der Waals surface area contributed by atoms with Crippen molar-refractivity contribution in [3.8, 4) is 0 Å². The van der Waals surface area contributed by atoms with Crippen LogP contribution in [0.5, 0.6) is 0 Å². The summed E-state index contributed by atoms with van der Waals surface area (Å²) in [6, 6.07) is 0. The average Bonchev–Trinajstić information content (AvgIpc) is 1.65. The van der Waals surface area contributed by atoms with E-state index in [0.29, 0.717) is 5.41 Å². The molecule has 0 saturated heterocycles. The van der Waals surface area contributed by atoms with Crippen molar-refractivity contribution in [2.45, 2.75) is 53.4 Å². The molecule has 1 aliphatic rings. The second kappa shape index (κ2) is 3.24. The SMILES string of the molecule is C.CC1(C)CCCCC1. The lowest BCUT2D eigenvalue weighted by molar-refractivity contribution is 0.244. The second-order valence-electron chi connectivity index (χ2n) is 3.72. The fraction of sp³-hybridized carbons (Fsp3) is 1.00. The summed E-state index contributed by atoms with van der Waals surface area (Å²) in [5, 5.41) is 0. The molecule has 0 heterocycles. The van der Waals surface area contributed by atoms with Crippen LogP contribution in [0.15, 0.2) is 0 Å². The Kier molecular flexibility index (Phi) is 3.24. The molecule has 0 unspecified atom stereocenters. The van der Waals surface area contributed by atoms with Crippen LogP contribution in [0.3, 0.4) is 0 Å². The Morgan fingerprint density at radius 2 is 1.33 bits per heavy atom. The fourth-order valence-corrected chi connectivity index (χ4v) is 1.51. The molecule has 56 valence electrons. The van der Waals surface area contributed by atoms with Crippen LogP contribution in [0, 0.1) is 5.41 Å². The fourth-order valence-electron chi connectivity index (χ4n) is 1.51. The molecule has 0 aromatic rings. The van der Waals surface area contributed by atoms with E-state index in [2.05, 4.69) is 13.8 Å². The lowest BCUT2D eigenvalue weighted by Crippen LogP contribution is -2.14. The van der Waals surface area contributed by atoms with E-state index in [0.717, 1.165) is 0 Å². The monoisotopic (exact) mass is 128 g/mol. The zero-order valence-electron chi connectivity index (χ0n) is 6.04. The van der Waals surface area contributed by atoms with E-state index in [9.17, 15) is 0 Å². The van der Waals surface area contributed by atoms with Gasteiger partial charge in [0.15, 0.2) is 0 Å². The quantitative estimate of drug-likeness (QED) is 0.467. The molecule has 1 aliphatic carbocycles. The van der Waals surface area contributed by atoms with Gasteiger partial charge in [-0.25, -0.2) is 0 Å². The van der Waals surface area contributed by atoms with Gasteiger partial charge in [-0.2, -0.15) is 0 Å². The van der Waals surface area contributed by atoms with E-state index in [1.807, 2.05) is 0 Å². The summed E-state index contributed by atoms with van der Waals surface area (Å²) in [5.41, 5.74) is 0.679. The third-order valence-corrected chi connectivity index (χ3v) is 2.21. The largest absolute Gasteiger partial charge is 0.0776 e. The summed E-state index contributed by atoms with van der Waals surface area (Å²) in [6.45, 7) is 4.76. The first kappa shape index (κ1) is 9.00. The van der Waals surface area contributed by atoms with E-state index in [4.69, 9.17) is 0 Å². The van der Waals surface area contributed by atoms with Crippen LogP contribution in [0.1, 0.15) is 53.4 Å². The summed E-state index contributed by atoms with van der Waals surface area (Å²) in [6.07, 6.45) is 7.31. The van der Waals surface area contributed by atoms with Crippen molar-refractivity contribution < 1.29 is 0 Å². The Balaban J connectivity index is 0.000000640. The molecular formula is C9H20. The zero-order valence-corrected chi connectivity index (χ0v) is 6.04. The lowest BCUT2D eigenvalue weighted by atomic mass is 9.78. The summed E-state index contributed by atoms with van der Waals surface area (Å²) in [4.78, 5) is 0. The first-order valence-corrected chi connectivity index (χ1v) is 3.71. The van der Waals surface area contributed by atoms with Crippen molar-refractivity contribution in [3.05, 3.63) is 0 Å².